The lowest BCUT2D eigenvalue weighted by Gasteiger charge is -2.17. The molecule has 1 amide bonds. The summed E-state index contributed by atoms with van der Waals surface area (Å²) in [5, 5.41) is 6.39. The fourth-order valence-corrected chi connectivity index (χ4v) is 2.93. The van der Waals surface area contributed by atoms with Gasteiger partial charge in [0.25, 0.3) is 0 Å². The molecule has 0 aliphatic carbocycles. The van der Waals surface area contributed by atoms with Crippen LogP contribution in [0.25, 0.3) is 0 Å². The highest BCUT2D eigenvalue weighted by Crippen LogP contribution is 2.31. The van der Waals surface area contributed by atoms with Crippen LogP contribution in [0.5, 0.6) is 0 Å². The molecular weight excluding hydrogens is 328 g/mol. The maximum absolute atomic E-state index is 12.5. The van der Waals surface area contributed by atoms with Crippen molar-refractivity contribution in [1.29, 1.82) is 0 Å². The summed E-state index contributed by atoms with van der Waals surface area (Å²) in [6.45, 7) is 2.67. The zero-order chi connectivity index (χ0) is 14.8. The number of halogens is 1. The fourth-order valence-electron chi connectivity index (χ4n) is 2.67. The highest BCUT2D eigenvalue weighted by molar-refractivity contribution is 9.10. The number of rotatable bonds is 3. The molecule has 2 aromatic carbocycles. The SMILES string of the molecule is C[C@H](NC(=O)C1CNc2ccccc21)c1ccc(Br)cc1. The van der Waals surface area contributed by atoms with Crippen molar-refractivity contribution in [3.05, 3.63) is 64.1 Å². The highest BCUT2D eigenvalue weighted by Gasteiger charge is 2.28. The Morgan fingerprint density at radius 3 is 2.71 bits per heavy atom. The van der Waals surface area contributed by atoms with E-state index in [1.54, 1.807) is 0 Å². The van der Waals surface area contributed by atoms with Crippen LogP contribution in [0.2, 0.25) is 0 Å². The van der Waals surface area contributed by atoms with E-state index in [9.17, 15) is 4.79 Å². The Kier molecular flexibility index (Phi) is 3.97. The third kappa shape index (κ3) is 2.95. The Morgan fingerprint density at radius 1 is 1.24 bits per heavy atom. The Balaban J connectivity index is 1.71. The first-order valence-electron chi connectivity index (χ1n) is 7.04. The molecule has 1 heterocycles. The molecule has 0 fully saturated rings. The number of fused-ring (bicyclic) bond motifs is 1. The minimum atomic E-state index is -0.112. The molecule has 0 saturated heterocycles. The number of para-hydroxylation sites is 1. The second kappa shape index (κ2) is 5.90. The topological polar surface area (TPSA) is 41.1 Å². The summed E-state index contributed by atoms with van der Waals surface area (Å²) in [6.07, 6.45) is 0. The van der Waals surface area contributed by atoms with Crippen molar-refractivity contribution in [2.45, 2.75) is 18.9 Å². The Morgan fingerprint density at radius 2 is 1.95 bits per heavy atom. The van der Waals surface area contributed by atoms with E-state index >= 15 is 0 Å². The molecule has 2 aromatic rings. The first kappa shape index (κ1) is 14.1. The van der Waals surface area contributed by atoms with Gasteiger partial charge in [-0.3, -0.25) is 4.79 Å². The molecule has 0 saturated carbocycles. The quantitative estimate of drug-likeness (QED) is 0.888. The van der Waals surface area contributed by atoms with Crippen LogP contribution in [0.3, 0.4) is 0 Å². The second-order valence-electron chi connectivity index (χ2n) is 5.30. The molecule has 3 rings (SSSR count). The predicted molar refractivity (Wildman–Crippen MR) is 88.4 cm³/mol. The maximum atomic E-state index is 12.5. The largest absolute Gasteiger partial charge is 0.384 e. The van der Waals surface area contributed by atoms with Crippen molar-refractivity contribution in [3.63, 3.8) is 0 Å². The van der Waals surface area contributed by atoms with Gasteiger partial charge >= 0.3 is 0 Å². The lowest BCUT2D eigenvalue weighted by molar-refractivity contribution is -0.122. The van der Waals surface area contributed by atoms with Crippen molar-refractivity contribution < 1.29 is 4.79 Å². The molecule has 0 aromatic heterocycles. The number of carbonyl (C=O) groups is 1. The van der Waals surface area contributed by atoms with Crippen LogP contribution in [0, 0.1) is 0 Å². The van der Waals surface area contributed by atoms with Crippen molar-refractivity contribution in [1.82, 2.24) is 5.32 Å². The van der Waals surface area contributed by atoms with Gasteiger partial charge in [0.05, 0.1) is 12.0 Å². The fraction of sp³-hybridized carbons (Fsp3) is 0.235. The van der Waals surface area contributed by atoms with Gasteiger partial charge in [0.1, 0.15) is 0 Å². The zero-order valence-corrected chi connectivity index (χ0v) is 13.4. The van der Waals surface area contributed by atoms with Crippen LogP contribution in [0.15, 0.2) is 53.0 Å². The van der Waals surface area contributed by atoms with Gasteiger partial charge in [-0.25, -0.2) is 0 Å². The summed E-state index contributed by atoms with van der Waals surface area (Å²) in [5.74, 6) is -0.0398. The Labute approximate surface area is 132 Å². The summed E-state index contributed by atoms with van der Waals surface area (Å²) in [4.78, 5) is 12.5. The van der Waals surface area contributed by atoms with E-state index in [-0.39, 0.29) is 17.9 Å². The van der Waals surface area contributed by atoms with Gasteiger partial charge < -0.3 is 10.6 Å². The number of nitrogens with one attached hydrogen (secondary N) is 2. The Hall–Kier alpha value is -1.81. The van der Waals surface area contributed by atoms with E-state index in [1.165, 1.54) is 0 Å². The summed E-state index contributed by atoms with van der Waals surface area (Å²) in [6, 6.07) is 16.0. The summed E-state index contributed by atoms with van der Waals surface area (Å²) < 4.78 is 1.04. The number of hydrogen-bond donors (Lipinski definition) is 2. The van der Waals surface area contributed by atoms with Gasteiger partial charge in [-0.05, 0) is 36.2 Å². The molecule has 4 heteroatoms. The predicted octanol–water partition coefficient (Wildman–Crippen LogP) is 3.84. The minimum absolute atomic E-state index is 0.00152. The number of carbonyl (C=O) groups excluding carboxylic acids is 1. The van der Waals surface area contributed by atoms with Crippen LogP contribution in [-0.2, 0) is 4.79 Å². The van der Waals surface area contributed by atoms with Crippen molar-refractivity contribution in [2.24, 2.45) is 0 Å². The minimum Gasteiger partial charge on any atom is -0.384 e. The van der Waals surface area contributed by atoms with E-state index in [0.717, 1.165) is 21.3 Å². The highest BCUT2D eigenvalue weighted by atomic mass is 79.9. The molecule has 21 heavy (non-hydrogen) atoms. The zero-order valence-electron chi connectivity index (χ0n) is 11.8. The summed E-state index contributed by atoms with van der Waals surface area (Å²) >= 11 is 3.42. The molecule has 0 spiro atoms. The van der Waals surface area contributed by atoms with Crippen LogP contribution in [-0.4, -0.2) is 12.5 Å². The molecule has 1 unspecified atom stereocenters. The van der Waals surface area contributed by atoms with Crippen molar-refractivity contribution in [2.75, 3.05) is 11.9 Å². The molecular formula is C17H17BrN2O. The third-order valence-electron chi connectivity index (χ3n) is 3.88. The van der Waals surface area contributed by atoms with Gasteiger partial charge in [0.15, 0.2) is 0 Å². The average Bonchev–Trinajstić information content (AvgIpc) is 2.92. The standard InChI is InChI=1S/C17H17BrN2O/c1-11(12-6-8-13(18)9-7-12)20-17(21)15-10-19-16-5-3-2-4-14(15)16/h2-9,11,15,19H,10H2,1H3,(H,20,21)/t11-,15?/m0/s1. The summed E-state index contributed by atoms with van der Waals surface area (Å²) in [7, 11) is 0. The molecule has 1 aliphatic rings. The number of hydrogen-bond acceptors (Lipinski definition) is 2. The molecule has 1 aliphatic heterocycles. The first-order chi connectivity index (χ1) is 10.1. The maximum Gasteiger partial charge on any atom is 0.229 e. The smallest absolute Gasteiger partial charge is 0.229 e. The lowest BCUT2D eigenvalue weighted by atomic mass is 9.99. The van der Waals surface area contributed by atoms with Gasteiger partial charge in [-0.15, -0.1) is 0 Å². The van der Waals surface area contributed by atoms with Gasteiger partial charge in [0, 0.05) is 16.7 Å². The van der Waals surface area contributed by atoms with Gasteiger partial charge in [0.2, 0.25) is 5.91 Å². The van der Waals surface area contributed by atoms with E-state index in [0.29, 0.717) is 6.54 Å². The summed E-state index contributed by atoms with van der Waals surface area (Å²) in [5.41, 5.74) is 3.25. The molecule has 2 N–H and O–H groups in total. The van der Waals surface area contributed by atoms with Gasteiger partial charge in [-0.2, -0.15) is 0 Å². The first-order valence-corrected chi connectivity index (χ1v) is 7.83. The van der Waals surface area contributed by atoms with Crippen LogP contribution < -0.4 is 10.6 Å². The molecule has 0 bridgehead atoms. The van der Waals surface area contributed by atoms with E-state index < -0.39 is 0 Å². The Bertz CT molecular complexity index is 654. The molecule has 2 atom stereocenters. The lowest BCUT2D eigenvalue weighted by Crippen LogP contribution is -2.32. The normalized spacial score (nSPS) is 17.7. The van der Waals surface area contributed by atoms with Crippen LogP contribution in [0.1, 0.15) is 30.0 Å². The van der Waals surface area contributed by atoms with Gasteiger partial charge in [-0.1, -0.05) is 46.3 Å². The molecule has 3 nitrogen and oxygen atoms in total. The third-order valence-corrected chi connectivity index (χ3v) is 4.41. The number of anilines is 1. The second-order valence-corrected chi connectivity index (χ2v) is 6.22. The van der Waals surface area contributed by atoms with E-state index in [1.807, 2.05) is 55.5 Å². The number of benzene rings is 2. The van der Waals surface area contributed by atoms with Crippen molar-refractivity contribution >= 4 is 27.5 Å². The monoisotopic (exact) mass is 344 g/mol. The van der Waals surface area contributed by atoms with Crippen LogP contribution >= 0.6 is 15.9 Å². The average molecular weight is 345 g/mol. The van der Waals surface area contributed by atoms with Crippen LogP contribution in [0.4, 0.5) is 5.69 Å². The number of amides is 1. The van der Waals surface area contributed by atoms with E-state index in [4.69, 9.17) is 0 Å². The molecule has 108 valence electrons. The van der Waals surface area contributed by atoms with Crippen molar-refractivity contribution in [3.8, 4) is 0 Å². The van der Waals surface area contributed by atoms with E-state index in [2.05, 4.69) is 26.6 Å². The molecule has 0 radical (unpaired) electrons.